The van der Waals surface area contributed by atoms with Gasteiger partial charge in [0.15, 0.2) is 0 Å². The van der Waals surface area contributed by atoms with Gasteiger partial charge in [-0.05, 0) is 63.7 Å². The Kier molecular flexibility index (Phi) is 42.2. The summed E-state index contributed by atoms with van der Waals surface area (Å²) in [5.74, 6) is -0.852. The van der Waals surface area contributed by atoms with Crippen LogP contribution in [0.2, 0.25) is 0 Å². The summed E-state index contributed by atoms with van der Waals surface area (Å²) in [6, 6.07) is 0. The molecule has 0 aromatic heterocycles. The zero-order chi connectivity index (χ0) is 41.2. The number of alkyl carbamates (subject to hydrolysis) is 1. The van der Waals surface area contributed by atoms with E-state index in [1.165, 1.54) is 70.6 Å². The Bertz CT molecular complexity index is 910. The van der Waals surface area contributed by atoms with Crippen LogP contribution >= 0.6 is 0 Å². The summed E-state index contributed by atoms with van der Waals surface area (Å²) in [7, 11) is 0. The van der Waals surface area contributed by atoms with E-state index in [0.29, 0.717) is 12.3 Å². The minimum atomic E-state index is -0.700. The van der Waals surface area contributed by atoms with Crippen molar-refractivity contribution in [2.24, 2.45) is 5.92 Å². The first-order chi connectivity index (χ1) is 26.6. The second-order valence-corrected chi connectivity index (χ2v) is 15.5. The normalized spacial score (nSPS) is 12.5. The maximum absolute atomic E-state index is 12.8. The first-order valence-electron chi connectivity index (χ1n) is 22.8. The highest BCUT2D eigenvalue weighted by Crippen LogP contribution is 2.23. The number of hydrogen-bond donors (Lipinski definition) is 2. The van der Waals surface area contributed by atoms with Crippen LogP contribution in [0, 0.1) is 5.92 Å². The molecule has 0 aliphatic rings. The van der Waals surface area contributed by atoms with Crippen molar-refractivity contribution in [2.75, 3.05) is 13.2 Å². The molecule has 0 radical (unpaired) electrons. The standard InChI is InChI=1S/C43H79NO8.C3H8/c1-5-8-10-24-30-38(51-43(49)44-35-36-50-41(47)7-3)31-25-19-15-11-14-18-22-28-34-42(48)52-39(37(4)29-23-9-6-2)32-26-20-16-12-13-17-21-27-33-40(45)46;1-3-2/h7,37-39H,3,5-6,8-36H2,1-2,4H3,(H,44,49)(H,45,46);3H2,1-2H3. The molecule has 0 fully saturated rings. The van der Waals surface area contributed by atoms with Gasteiger partial charge in [0.2, 0.25) is 0 Å². The van der Waals surface area contributed by atoms with Crippen molar-refractivity contribution in [3.8, 4) is 0 Å². The highest BCUT2D eigenvalue weighted by molar-refractivity contribution is 5.81. The number of ether oxygens (including phenoxy) is 3. The van der Waals surface area contributed by atoms with Gasteiger partial charge in [-0.3, -0.25) is 9.59 Å². The van der Waals surface area contributed by atoms with Crippen LogP contribution in [0.3, 0.4) is 0 Å². The Balaban J connectivity index is 0. The zero-order valence-electron chi connectivity index (χ0n) is 36.4. The third-order valence-corrected chi connectivity index (χ3v) is 9.90. The summed E-state index contributed by atoms with van der Waals surface area (Å²) in [4.78, 5) is 46.8. The number of rotatable bonds is 38. The first kappa shape index (κ1) is 54.5. The zero-order valence-corrected chi connectivity index (χ0v) is 36.4. The van der Waals surface area contributed by atoms with Crippen LogP contribution in [0.1, 0.15) is 227 Å². The fourth-order valence-corrected chi connectivity index (χ4v) is 6.59. The van der Waals surface area contributed by atoms with Crippen LogP contribution in [-0.2, 0) is 28.6 Å². The maximum atomic E-state index is 12.8. The van der Waals surface area contributed by atoms with Crippen molar-refractivity contribution in [3.63, 3.8) is 0 Å². The number of carbonyl (C=O) groups excluding carboxylic acids is 3. The van der Waals surface area contributed by atoms with Crippen molar-refractivity contribution in [2.45, 2.75) is 239 Å². The third-order valence-electron chi connectivity index (χ3n) is 9.90. The Morgan fingerprint density at radius 3 is 1.55 bits per heavy atom. The number of hydrogen-bond acceptors (Lipinski definition) is 7. The van der Waals surface area contributed by atoms with Crippen molar-refractivity contribution in [1.29, 1.82) is 0 Å². The number of esters is 2. The van der Waals surface area contributed by atoms with E-state index in [9.17, 15) is 19.2 Å². The van der Waals surface area contributed by atoms with Gasteiger partial charge in [-0.2, -0.15) is 0 Å². The highest BCUT2D eigenvalue weighted by atomic mass is 16.6. The maximum Gasteiger partial charge on any atom is 0.407 e. The molecule has 0 heterocycles. The second-order valence-electron chi connectivity index (χ2n) is 15.5. The van der Waals surface area contributed by atoms with Crippen LogP contribution in [0.25, 0.3) is 0 Å². The van der Waals surface area contributed by atoms with E-state index in [-0.39, 0.29) is 37.7 Å². The van der Waals surface area contributed by atoms with E-state index in [4.69, 9.17) is 19.3 Å². The fourth-order valence-electron chi connectivity index (χ4n) is 6.59. The SMILES string of the molecule is C=CC(=O)OCCNC(=O)OC(CCCCCC)CCCCCCCCCCC(=O)OC(CCCCCCCCCCC(=O)O)C(C)CCCCC.CCC. The summed E-state index contributed by atoms with van der Waals surface area (Å²) in [6.45, 7) is 14.6. The molecule has 0 aliphatic heterocycles. The predicted molar refractivity (Wildman–Crippen MR) is 227 cm³/mol. The number of carboxylic acid groups (broad SMARTS) is 1. The Hall–Kier alpha value is -2.58. The lowest BCUT2D eigenvalue weighted by Gasteiger charge is -2.24. The fraction of sp³-hybridized carbons (Fsp3) is 0.870. The van der Waals surface area contributed by atoms with Crippen molar-refractivity contribution in [3.05, 3.63) is 12.7 Å². The van der Waals surface area contributed by atoms with Crippen LogP contribution < -0.4 is 5.32 Å². The van der Waals surface area contributed by atoms with Crippen molar-refractivity contribution >= 4 is 24.0 Å². The summed E-state index contributed by atoms with van der Waals surface area (Å²) in [5, 5.41) is 11.4. The number of amides is 1. The molecule has 0 rings (SSSR count). The van der Waals surface area contributed by atoms with E-state index in [2.05, 4.69) is 46.5 Å². The molecule has 0 aliphatic carbocycles. The third kappa shape index (κ3) is 40.9. The van der Waals surface area contributed by atoms with Gasteiger partial charge in [0.1, 0.15) is 18.8 Å². The summed E-state index contributed by atoms with van der Waals surface area (Å²) >= 11 is 0. The Morgan fingerprint density at radius 2 is 1.04 bits per heavy atom. The van der Waals surface area contributed by atoms with Gasteiger partial charge in [-0.25, -0.2) is 9.59 Å². The lowest BCUT2D eigenvalue weighted by molar-refractivity contribution is -0.152. The van der Waals surface area contributed by atoms with Gasteiger partial charge in [0.05, 0.1) is 6.54 Å². The second kappa shape index (κ2) is 42.6. The summed E-state index contributed by atoms with van der Waals surface area (Å²) in [5.41, 5.74) is 0. The first-order valence-corrected chi connectivity index (χ1v) is 22.8. The molecule has 2 N–H and O–H groups in total. The predicted octanol–water partition coefficient (Wildman–Crippen LogP) is 13.2. The van der Waals surface area contributed by atoms with Gasteiger partial charge in [0.25, 0.3) is 0 Å². The van der Waals surface area contributed by atoms with Crippen LogP contribution in [0.4, 0.5) is 4.79 Å². The van der Waals surface area contributed by atoms with E-state index in [1.54, 1.807) is 0 Å². The average molecular weight is 782 g/mol. The molecule has 3 atom stereocenters. The van der Waals surface area contributed by atoms with Crippen LogP contribution in [0.15, 0.2) is 12.7 Å². The molecule has 9 nitrogen and oxygen atoms in total. The molecule has 9 heteroatoms. The van der Waals surface area contributed by atoms with Crippen molar-refractivity contribution in [1.82, 2.24) is 5.32 Å². The van der Waals surface area contributed by atoms with E-state index < -0.39 is 18.0 Å². The van der Waals surface area contributed by atoms with Crippen LogP contribution in [0.5, 0.6) is 0 Å². The van der Waals surface area contributed by atoms with Gasteiger partial charge >= 0.3 is 24.0 Å². The molecule has 324 valence electrons. The number of unbranched alkanes of at least 4 members (excludes halogenated alkanes) is 19. The van der Waals surface area contributed by atoms with Gasteiger partial charge in [0, 0.05) is 18.9 Å². The molecular formula is C46H87NO8. The molecule has 0 spiro atoms. The minimum Gasteiger partial charge on any atom is -0.481 e. The smallest absolute Gasteiger partial charge is 0.407 e. The molecule has 55 heavy (non-hydrogen) atoms. The van der Waals surface area contributed by atoms with E-state index in [0.717, 1.165) is 115 Å². The number of carboxylic acids is 1. The lowest BCUT2D eigenvalue weighted by atomic mass is 9.93. The van der Waals surface area contributed by atoms with Crippen LogP contribution in [-0.4, -0.2) is 54.5 Å². The molecular weight excluding hydrogens is 695 g/mol. The van der Waals surface area contributed by atoms with Crippen molar-refractivity contribution < 1.29 is 38.5 Å². The highest BCUT2D eigenvalue weighted by Gasteiger charge is 2.21. The molecule has 0 saturated heterocycles. The molecule has 3 unspecified atom stereocenters. The lowest BCUT2D eigenvalue weighted by Crippen LogP contribution is -2.32. The van der Waals surface area contributed by atoms with Gasteiger partial charge in [-0.15, -0.1) is 0 Å². The molecule has 0 aromatic rings. The molecule has 0 bridgehead atoms. The topological polar surface area (TPSA) is 128 Å². The Labute approximate surface area is 338 Å². The van der Waals surface area contributed by atoms with Gasteiger partial charge < -0.3 is 24.6 Å². The monoisotopic (exact) mass is 782 g/mol. The van der Waals surface area contributed by atoms with E-state index >= 15 is 0 Å². The number of aliphatic carboxylic acids is 1. The van der Waals surface area contributed by atoms with E-state index in [1.807, 2.05) is 0 Å². The number of carbonyl (C=O) groups is 4. The number of nitrogens with one attached hydrogen (secondary N) is 1. The van der Waals surface area contributed by atoms with Gasteiger partial charge in [-0.1, -0.05) is 163 Å². The molecule has 0 saturated carbocycles. The molecule has 0 aromatic carbocycles. The summed E-state index contributed by atoms with van der Waals surface area (Å²) < 4.78 is 16.7. The molecule has 1 amide bonds. The Morgan fingerprint density at radius 1 is 0.600 bits per heavy atom. The quantitative estimate of drug-likeness (QED) is 0.0274. The largest absolute Gasteiger partial charge is 0.481 e. The average Bonchev–Trinajstić information content (AvgIpc) is 3.15. The summed E-state index contributed by atoms with van der Waals surface area (Å²) in [6.07, 6.45) is 32.0. The minimum absolute atomic E-state index is 0.0186.